The lowest BCUT2D eigenvalue weighted by Gasteiger charge is -2.15. The standard InChI is InChI=1S/C14H18ClN5O2/c1-18-11-9(21-2)5-7(6-10(11)22-3)4-8-12(15)19-14(17)20-13(8)16/h5-6,18H,4H2,1-3H3,(H4,16,17,19,20). The Labute approximate surface area is 133 Å². The van der Waals surface area contributed by atoms with Gasteiger partial charge in [-0.25, -0.2) is 4.98 Å². The largest absolute Gasteiger partial charge is 0.494 e. The van der Waals surface area contributed by atoms with E-state index in [0.717, 1.165) is 11.3 Å². The molecule has 5 N–H and O–H groups in total. The summed E-state index contributed by atoms with van der Waals surface area (Å²) in [4.78, 5) is 7.86. The van der Waals surface area contributed by atoms with Crippen LogP contribution in [0, 0.1) is 0 Å². The van der Waals surface area contributed by atoms with Crippen LogP contribution in [-0.2, 0) is 6.42 Å². The number of nitrogen functional groups attached to an aromatic ring is 2. The first-order chi connectivity index (χ1) is 10.5. The minimum Gasteiger partial charge on any atom is -0.494 e. The Morgan fingerprint density at radius 1 is 1.14 bits per heavy atom. The van der Waals surface area contributed by atoms with Crippen LogP contribution in [0.5, 0.6) is 11.5 Å². The molecule has 1 aromatic heterocycles. The highest BCUT2D eigenvalue weighted by Crippen LogP contribution is 2.37. The number of benzene rings is 1. The quantitative estimate of drug-likeness (QED) is 0.721. The number of nitrogens with two attached hydrogens (primary N) is 2. The number of nitrogens with one attached hydrogen (secondary N) is 1. The Morgan fingerprint density at radius 2 is 1.73 bits per heavy atom. The van der Waals surface area contributed by atoms with Crippen LogP contribution in [-0.4, -0.2) is 31.2 Å². The molecule has 0 fully saturated rings. The van der Waals surface area contributed by atoms with Crippen molar-refractivity contribution in [2.45, 2.75) is 6.42 Å². The SMILES string of the molecule is CNc1c(OC)cc(Cc2c(N)nc(N)nc2Cl)cc1OC. The zero-order valence-corrected chi connectivity index (χ0v) is 13.4. The summed E-state index contributed by atoms with van der Waals surface area (Å²) in [5.41, 5.74) is 13.7. The Hall–Kier alpha value is -2.41. The van der Waals surface area contributed by atoms with Gasteiger partial charge >= 0.3 is 0 Å². The third-order valence-corrected chi connectivity index (χ3v) is 3.52. The molecule has 22 heavy (non-hydrogen) atoms. The molecule has 0 aliphatic carbocycles. The average molecular weight is 324 g/mol. The summed E-state index contributed by atoms with van der Waals surface area (Å²) in [7, 11) is 4.98. The highest BCUT2D eigenvalue weighted by molar-refractivity contribution is 6.30. The highest BCUT2D eigenvalue weighted by atomic mass is 35.5. The molecule has 0 saturated heterocycles. The molecule has 0 spiro atoms. The predicted molar refractivity (Wildman–Crippen MR) is 87.8 cm³/mol. The van der Waals surface area contributed by atoms with Gasteiger partial charge < -0.3 is 26.3 Å². The average Bonchev–Trinajstić information content (AvgIpc) is 2.49. The normalized spacial score (nSPS) is 10.4. The Balaban J connectivity index is 2.46. The van der Waals surface area contributed by atoms with E-state index in [-0.39, 0.29) is 16.9 Å². The van der Waals surface area contributed by atoms with Gasteiger partial charge in [-0.15, -0.1) is 0 Å². The van der Waals surface area contributed by atoms with Gasteiger partial charge in [-0.3, -0.25) is 0 Å². The van der Waals surface area contributed by atoms with E-state index >= 15 is 0 Å². The maximum atomic E-state index is 6.10. The molecule has 1 heterocycles. The van der Waals surface area contributed by atoms with E-state index in [0.29, 0.717) is 23.5 Å². The number of nitrogens with zero attached hydrogens (tertiary/aromatic N) is 2. The molecule has 0 atom stereocenters. The molecule has 1 aromatic carbocycles. The summed E-state index contributed by atoms with van der Waals surface area (Å²) >= 11 is 6.10. The minimum atomic E-state index is 0.0481. The second kappa shape index (κ2) is 6.57. The number of hydrogen-bond acceptors (Lipinski definition) is 7. The van der Waals surface area contributed by atoms with Crippen molar-refractivity contribution in [2.24, 2.45) is 0 Å². The van der Waals surface area contributed by atoms with E-state index in [1.54, 1.807) is 21.3 Å². The van der Waals surface area contributed by atoms with E-state index in [2.05, 4.69) is 15.3 Å². The molecule has 0 amide bonds. The van der Waals surface area contributed by atoms with Crippen molar-refractivity contribution in [1.82, 2.24) is 9.97 Å². The first-order valence-electron chi connectivity index (χ1n) is 6.50. The van der Waals surface area contributed by atoms with Gasteiger partial charge in [-0.1, -0.05) is 11.6 Å². The van der Waals surface area contributed by atoms with E-state index in [9.17, 15) is 0 Å². The fourth-order valence-corrected chi connectivity index (χ4v) is 2.42. The van der Waals surface area contributed by atoms with E-state index < -0.39 is 0 Å². The lowest BCUT2D eigenvalue weighted by molar-refractivity contribution is 0.397. The fourth-order valence-electron chi connectivity index (χ4n) is 2.17. The molecule has 7 nitrogen and oxygen atoms in total. The molecule has 2 rings (SSSR count). The minimum absolute atomic E-state index is 0.0481. The van der Waals surface area contributed by atoms with Crippen LogP contribution >= 0.6 is 11.6 Å². The predicted octanol–water partition coefficient (Wildman–Crippen LogP) is 1.94. The molecule has 0 aliphatic rings. The lowest BCUT2D eigenvalue weighted by atomic mass is 10.0. The van der Waals surface area contributed by atoms with Crippen LogP contribution < -0.4 is 26.3 Å². The van der Waals surface area contributed by atoms with Gasteiger partial charge in [0.2, 0.25) is 5.95 Å². The Kier molecular flexibility index (Phi) is 4.77. The van der Waals surface area contributed by atoms with Gasteiger partial charge in [0.25, 0.3) is 0 Å². The van der Waals surface area contributed by atoms with Crippen LogP contribution in [0.15, 0.2) is 12.1 Å². The van der Waals surface area contributed by atoms with Crippen molar-refractivity contribution in [1.29, 1.82) is 0 Å². The van der Waals surface area contributed by atoms with Crippen LogP contribution in [0.3, 0.4) is 0 Å². The molecule has 0 radical (unpaired) electrons. The maximum Gasteiger partial charge on any atom is 0.223 e. The van der Waals surface area contributed by atoms with Crippen LogP contribution in [0.25, 0.3) is 0 Å². The van der Waals surface area contributed by atoms with Crippen LogP contribution in [0.2, 0.25) is 5.15 Å². The van der Waals surface area contributed by atoms with Gasteiger partial charge in [-0.05, 0) is 17.7 Å². The van der Waals surface area contributed by atoms with Crippen LogP contribution in [0.4, 0.5) is 17.5 Å². The maximum absolute atomic E-state index is 6.10. The fraction of sp³-hybridized carbons (Fsp3) is 0.286. The number of rotatable bonds is 5. The summed E-state index contributed by atoms with van der Waals surface area (Å²) in [5, 5.41) is 3.28. The third kappa shape index (κ3) is 3.09. The molecule has 0 aliphatic heterocycles. The zero-order chi connectivity index (χ0) is 16.3. The van der Waals surface area contributed by atoms with Crippen molar-refractivity contribution in [3.63, 3.8) is 0 Å². The third-order valence-electron chi connectivity index (χ3n) is 3.20. The molecule has 118 valence electrons. The molecule has 0 bridgehead atoms. The Morgan fingerprint density at radius 3 is 2.18 bits per heavy atom. The molecule has 0 unspecified atom stereocenters. The molecule has 0 saturated carbocycles. The van der Waals surface area contributed by atoms with Crippen molar-refractivity contribution < 1.29 is 9.47 Å². The summed E-state index contributed by atoms with van der Waals surface area (Å²) in [6.45, 7) is 0. The first-order valence-corrected chi connectivity index (χ1v) is 6.88. The highest BCUT2D eigenvalue weighted by Gasteiger charge is 2.15. The summed E-state index contributed by atoms with van der Waals surface area (Å²) in [6.07, 6.45) is 0.432. The first kappa shape index (κ1) is 16.0. The monoisotopic (exact) mass is 323 g/mol. The number of halogens is 1. The number of hydrogen-bond donors (Lipinski definition) is 3. The molecule has 2 aromatic rings. The number of methoxy groups -OCH3 is 2. The van der Waals surface area contributed by atoms with Crippen molar-refractivity contribution in [3.8, 4) is 11.5 Å². The van der Waals surface area contributed by atoms with Crippen molar-refractivity contribution in [3.05, 3.63) is 28.4 Å². The van der Waals surface area contributed by atoms with E-state index in [1.165, 1.54) is 0 Å². The van der Waals surface area contributed by atoms with Crippen LogP contribution in [0.1, 0.15) is 11.1 Å². The Bertz CT molecular complexity index is 645. The van der Waals surface area contributed by atoms with Gasteiger partial charge in [0, 0.05) is 19.0 Å². The second-order valence-corrected chi connectivity index (χ2v) is 4.90. The van der Waals surface area contributed by atoms with Crippen molar-refractivity contribution >= 4 is 29.1 Å². The molecular weight excluding hydrogens is 306 g/mol. The lowest BCUT2D eigenvalue weighted by Crippen LogP contribution is -2.06. The molecular formula is C14H18ClN5O2. The number of anilines is 3. The summed E-state index contributed by atoms with van der Waals surface area (Å²) < 4.78 is 10.8. The van der Waals surface area contributed by atoms with E-state index in [4.69, 9.17) is 32.5 Å². The van der Waals surface area contributed by atoms with Gasteiger partial charge in [0.15, 0.2) is 0 Å². The smallest absolute Gasteiger partial charge is 0.223 e. The van der Waals surface area contributed by atoms with E-state index in [1.807, 2.05) is 12.1 Å². The van der Waals surface area contributed by atoms with Gasteiger partial charge in [0.05, 0.1) is 14.2 Å². The number of ether oxygens (including phenoxy) is 2. The van der Waals surface area contributed by atoms with Crippen molar-refractivity contribution in [2.75, 3.05) is 38.1 Å². The number of aromatic nitrogens is 2. The zero-order valence-electron chi connectivity index (χ0n) is 12.6. The molecule has 8 heteroatoms. The summed E-state index contributed by atoms with van der Waals surface area (Å²) in [6, 6.07) is 3.75. The second-order valence-electron chi connectivity index (χ2n) is 4.54. The topological polar surface area (TPSA) is 108 Å². The van der Waals surface area contributed by atoms with Gasteiger partial charge in [-0.2, -0.15) is 4.98 Å². The van der Waals surface area contributed by atoms with Gasteiger partial charge in [0.1, 0.15) is 28.2 Å². The summed E-state index contributed by atoms with van der Waals surface area (Å²) in [5.74, 6) is 1.62.